The van der Waals surface area contributed by atoms with E-state index in [4.69, 9.17) is 11.6 Å². The third kappa shape index (κ3) is 4.38. The second-order valence-electron chi connectivity index (χ2n) is 7.05. The van der Waals surface area contributed by atoms with Crippen molar-refractivity contribution >= 4 is 40.2 Å². The largest absolute Gasteiger partial charge is 0.341 e. The van der Waals surface area contributed by atoms with Gasteiger partial charge in [-0.2, -0.15) is 0 Å². The Kier molecular flexibility index (Phi) is 6.27. The summed E-state index contributed by atoms with van der Waals surface area (Å²) in [6, 6.07) is 5.05. The van der Waals surface area contributed by atoms with Crippen molar-refractivity contribution in [2.45, 2.75) is 43.6 Å². The highest BCUT2D eigenvalue weighted by Gasteiger charge is 2.27. The van der Waals surface area contributed by atoms with Crippen LogP contribution < -0.4 is 5.56 Å². The zero-order valence-electron chi connectivity index (χ0n) is 15.7. The third-order valence-electron chi connectivity index (χ3n) is 4.79. The highest BCUT2D eigenvalue weighted by Crippen LogP contribution is 2.26. The van der Waals surface area contributed by atoms with Gasteiger partial charge in [0.1, 0.15) is 0 Å². The summed E-state index contributed by atoms with van der Waals surface area (Å²) >= 11 is 7.38. The standard InChI is InChI=1S/C20H24ClN3O2S/c1-4-9-24-19(26)16-8-7-15(21)11-17(16)22-20(24)27-14(3)18(25)23-10-5-6-13(2)12-23/h4,7-8,11,13-14H,1,5-6,9-10,12H2,2-3H3/t13-,14-/m1/s1. The summed E-state index contributed by atoms with van der Waals surface area (Å²) in [5, 5.41) is 1.23. The molecule has 1 aromatic carbocycles. The average molecular weight is 406 g/mol. The number of likely N-dealkylation sites (tertiary alicyclic amines) is 1. The maximum Gasteiger partial charge on any atom is 0.262 e. The van der Waals surface area contributed by atoms with E-state index in [0.29, 0.717) is 33.5 Å². The van der Waals surface area contributed by atoms with Crippen LogP contribution in [0.15, 0.2) is 40.8 Å². The Morgan fingerprint density at radius 1 is 1.52 bits per heavy atom. The number of nitrogens with zero attached hydrogens (tertiary/aromatic N) is 3. The summed E-state index contributed by atoms with van der Waals surface area (Å²) in [4.78, 5) is 32.3. The predicted molar refractivity (Wildman–Crippen MR) is 112 cm³/mol. The summed E-state index contributed by atoms with van der Waals surface area (Å²) < 4.78 is 1.57. The first-order chi connectivity index (χ1) is 12.9. The van der Waals surface area contributed by atoms with Crippen LogP contribution in [0.2, 0.25) is 5.02 Å². The fraction of sp³-hybridized carbons (Fsp3) is 0.450. The van der Waals surface area contributed by atoms with E-state index < -0.39 is 0 Å². The molecular weight excluding hydrogens is 382 g/mol. The fourth-order valence-corrected chi connectivity index (χ4v) is 4.58. The van der Waals surface area contributed by atoms with E-state index in [1.165, 1.54) is 11.8 Å². The molecule has 0 spiro atoms. The fourth-order valence-electron chi connectivity index (χ4n) is 3.41. The maximum absolute atomic E-state index is 12.9. The molecule has 1 amide bonds. The van der Waals surface area contributed by atoms with Crippen molar-refractivity contribution in [3.63, 3.8) is 0 Å². The first kappa shape index (κ1) is 20.0. The van der Waals surface area contributed by atoms with Gasteiger partial charge in [-0.05, 0) is 43.9 Å². The summed E-state index contributed by atoms with van der Waals surface area (Å²) in [6.07, 6.45) is 3.86. The van der Waals surface area contributed by atoms with Crippen LogP contribution in [0.5, 0.6) is 0 Å². The van der Waals surface area contributed by atoms with Crippen molar-refractivity contribution in [2.24, 2.45) is 5.92 Å². The van der Waals surface area contributed by atoms with Gasteiger partial charge in [-0.1, -0.05) is 36.4 Å². The van der Waals surface area contributed by atoms with Crippen LogP contribution in [0, 0.1) is 5.92 Å². The second kappa shape index (κ2) is 8.48. The molecule has 144 valence electrons. The molecule has 7 heteroatoms. The van der Waals surface area contributed by atoms with Crippen molar-refractivity contribution in [1.29, 1.82) is 0 Å². The molecule has 1 aromatic heterocycles. The number of aromatic nitrogens is 2. The first-order valence-corrected chi connectivity index (χ1v) is 10.4. The number of hydrogen-bond donors (Lipinski definition) is 0. The highest BCUT2D eigenvalue weighted by molar-refractivity contribution is 8.00. The molecule has 1 aliphatic rings. The minimum Gasteiger partial charge on any atom is -0.341 e. The summed E-state index contributed by atoms with van der Waals surface area (Å²) in [5.41, 5.74) is 0.395. The molecule has 27 heavy (non-hydrogen) atoms. The van der Waals surface area contributed by atoms with Crippen LogP contribution in [0.4, 0.5) is 0 Å². The van der Waals surface area contributed by atoms with Crippen LogP contribution in [0.25, 0.3) is 10.9 Å². The molecule has 0 unspecified atom stereocenters. The lowest BCUT2D eigenvalue weighted by Gasteiger charge is -2.32. The van der Waals surface area contributed by atoms with Crippen LogP contribution in [-0.2, 0) is 11.3 Å². The Balaban J connectivity index is 1.92. The lowest BCUT2D eigenvalue weighted by Crippen LogP contribution is -2.43. The Labute approximate surface area is 168 Å². The second-order valence-corrected chi connectivity index (χ2v) is 8.80. The van der Waals surface area contributed by atoms with Crippen LogP contribution >= 0.6 is 23.4 Å². The Morgan fingerprint density at radius 2 is 2.30 bits per heavy atom. The van der Waals surface area contributed by atoms with Crippen molar-refractivity contribution in [2.75, 3.05) is 13.1 Å². The smallest absolute Gasteiger partial charge is 0.262 e. The molecule has 1 fully saturated rings. The van der Waals surface area contributed by atoms with Crippen LogP contribution in [0.3, 0.4) is 0 Å². The van der Waals surface area contributed by atoms with Gasteiger partial charge in [0.05, 0.1) is 16.2 Å². The molecule has 0 radical (unpaired) electrons. The molecule has 5 nitrogen and oxygen atoms in total. The van der Waals surface area contributed by atoms with Crippen molar-refractivity contribution in [3.8, 4) is 0 Å². The quantitative estimate of drug-likeness (QED) is 0.429. The minimum absolute atomic E-state index is 0.0946. The van der Waals surface area contributed by atoms with Gasteiger partial charge in [0.2, 0.25) is 5.91 Å². The Morgan fingerprint density at radius 3 is 3.00 bits per heavy atom. The van der Waals surface area contributed by atoms with E-state index in [1.54, 1.807) is 28.8 Å². The number of rotatable bonds is 5. The number of allylic oxidation sites excluding steroid dienone is 1. The van der Waals surface area contributed by atoms with E-state index in [-0.39, 0.29) is 16.7 Å². The maximum atomic E-state index is 12.9. The van der Waals surface area contributed by atoms with Gasteiger partial charge < -0.3 is 4.90 Å². The van der Waals surface area contributed by atoms with Crippen molar-refractivity contribution in [1.82, 2.24) is 14.5 Å². The van der Waals surface area contributed by atoms with Crippen LogP contribution in [0.1, 0.15) is 26.7 Å². The van der Waals surface area contributed by atoms with Crippen molar-refractivity contribution in [3.05, 3.63) is 46.2 Å². The topological polar surface area (TPSA) is 55.2 Å². The minimum atomic E-state index is -0.324. The molecule has 3 rings (SSSR count). The van der Waals surface area contributed by atoms with E-state index in [1.807, 2.05) is 11.8 Å². The van der Waals surface area contributed by atoms with Gasteiger partial charge in [-0.25, -0.2) is 4.98 Å². The monoisotopic (exact) mass is 405 g/mol. The number of carbonyl (C=O) groups excluding carboxylic acids is 1. The highest BCUT2D eigenvalue weighted by atomic mass is 35.5. The number of amides is 1. The van der Waals surface area contributed by atoms with Gasteiger partial charge in [-0.3, -0.25) is 14.2 Å². The molecule has 0 bridgehead atoms. The van der Waals surface area contributed by atoms with E-state index in [0.717, 1.165) is 25.9 Å². The Bertz CT molecular complexity index is 927. The number of benzene rings is 1. The van der Waals surface area contributed by atoms with Gasteiger partial charge in [0, 0.05) is 24.7 Å². The van der Waals surface area contributed by atoms with Crippen molar-refractivity contribution < 1.29 is 4.79 Å². The molecule has 0 N–H and O–H groups in total. The van der Waals surface area contributed by atoms with E-state index >= 15 is 0 Å². The number of thioether (sulfide) groups is 1. The van der Waals surface area contributed by atoms with Gasteiger partial charge in [-0.15, -0.1) is 6.58 Å². The zero-order valence-corrected chi connectivity index (χ0v) is 17.2. The van der Waals surface area contributed by atoms with Crippen LogP contribution in [-0.4, -0.2) is 38.7 Å². The molecule has 0 aliphatic carbocycles. The molecular formula is C20H24ClN3O2S. The SMILES string of the molecule is C=CCn1c(S[C@H](C)C(=O)N2CCC[C@@H](C)C2)nc2cc(Cl)ccc2c1=O. The predicted octanol–water partition coefficient (Wildman–Crippen LogP) is 3.98. The molecule has 2 aromatic rings. The number of halogens is 1. The molecule has 2 atom stereocenters. The number of piperidine rings is 1. The molecule has 1 aliphatic heterocycles. The molecule has 2 heterocycles. The lowest BCUT2D eigenvalue weighted by molar-refractivity contribution is -0.132. The zero-order chi connectivity index (χ0) is 19.6. The van der Waals surface area contributed by atoms with Gasteiger partial charge in [0.15, 0.2) is 5.16 Å². The number of carbonyl (C=O) groups is 1. The molecule has 0 saturated carbocycles. The summed E-state index contributed by atoms with van der Waals surface area (Å²) in [5.74, 6) is 0.622. The summed E-state index contributed by atoms with van der Waals surface area (Å²) in [7, 11) is 0. The average Bonchev–Trinajstić information content (AvgIpc) is 2.64. The van der Waals surface area contributed by atoms with E-state index in [9.17, 15) is 9.59 Å². The number of hydrogen-bond acceptors (Lipinski definition) is 4. The first-order valence-electron chi connectivity index (χ1n) is 9.17. The van der Waals surface area contributed by atoms with Gasteiger partial charge >= 0.3 is 0 Å². The van der Waals surface area contributed by atoms with Gasteiger partial charge in [0.25, 0.3) is 5.56 Å². The normalized spacial score (nSPS) is 18.5. The lowest BCUT2D eigenvalue weighted by atomic mass is 10.0. The van der Waals surface area contributed by atoms with E-state index in [2.05, 4.69) is 18.5 Å². The Hall–Kier alpha value is -1.79. The number of fused-ring (bicyclic) bond motifs is 1. The third-order valence-corrected chi connectivity index (χ3v) is 6.11. The molecule has 1 saturated heterocycles. The summed E-state index contributed by atoms with van der Waals surface area (Å²) in [6.45, 7) is 9.72.